The van der Waals surface area contributed by atoms with Gasteiger partial charge in [0.2, 0.25) is 0 Å². The molecule has 1 aliphatic heterocycles. The first-order valence-corrected chi connectivity index (χ1v) is 14.6. The van der Waals surface area contributed by atoms with Crippen molar-refractivity contribution in [2.24, 2.45) is 5.92 Å². The molecule has 0 radical (unpaired) electrons. The SMILES string of the molecule is O=C(C1CCCCCC1)C(CCN1CC=C(c2cccc3ccsc23)CC1)c1ccccn1.O=C(O)C(=O)O. The van der Waals surface area contributed by atoms with Crippen molar-refractivity contribution in [1.82, 2.24) is 9.88 Å². The van der Waals surface area contributed by atoms with Gasteiger partial charge >= 0.3 is 11.9 Å². The molecule has 3 heterocycles. The summed E-state index contributed by atoms with van der Waals surface area (Å²) in [6.45, 7) is 2.97. The summed E-state index contributed by atoms with van der Waals surface area (Å²) in [5.41, 5.74) is 3.83. The summed E-state index contributed by atoms with van der Waals surface area (Å²) in [5, 5.41) is 18.3. The van der Waals surface area contributed by atoms with Gasteiger partial charge in [-0.15, -0.1) is 11.3 Å². The highest BCUT2D eigenvalue weighted by molar-refractivity contribution is 7.17. The first kappa shape index (κ1) is 28.6. The summed E-state index contributed by atoms with van der Waals surface area (Å²) in [4.78, 5) is 38.9. The highest BCUT2D eigenvalue weighted by atomic mass is 32.1. The van der Waals surface area contributed by atoms with Gasteiger partial charge in [-0.2, -0.15) is 0 Å². The fourth-order valence-corrected chi connectivity index (χ4v) is 6.53. The second-order valence-electron chi connectivity index (χ2n) is 10.2. The van der Waals surface area contributed by atoms with E-state index in [1.54, 1.807) is 0 Å². The summed E-state index contributed by atoms with van der Waals surface area (Å²) in [6.07, 6.45) is 13.3. The second kappa shape index (κ2) is 14.1. The first-order chi connectivity index (χ1) is 18.9. The lowest BCUT2D eigenvalue weighted by atomic mass is 9.83. The van der Waals surface area contributed by atoms with Crippen LogP contribution in [0.15, 0.2) is 60.1 Å². The van der Waals surface area contributed by atoms with E-state index in [9.17, 15) is 4.79 Å². The highest BCUT2D eigenvalue weighted by Gasteiger charge is 2.30. The number of carboxylic acids is 2. The van der Waals surface area contributed by atoms with Gasteiger partial charge in [0.1, 0.15) is 5.78 Å². The third kappa shape index (κ3) is 7.83. The number of hydrogen-bond donors (Lipinski definition) is 2. The minimum absolute atomic E-state index is 0.0699. The molecule has 39 heavy (non-hydrogen) atoms. The largest absolute Gasteiger partial charge is 0.473 e. The van der Waals surface area contributed by atoms with E-state index in [2.05, 4.69) is 51.7 Å². The van der Waals surface area contributed by atoms with E-state index >= 15 is 0 Å². The van der Waals surface area contributed by atoms with Gasteiger partial charge in [0.15, 0.2) is 0 Å². The first-order valence-electron chi connectivity index (χ1n) is 13.7. The molecule has 7 nitrogen and oxygen atoms in total. The molecule has 1 unspecified atom stereocenters. The van der Waals surface area contributed by atoms with Crippen molar-refractivity contribution in [2.75, 3.05) is 19.6 Å². The lowest BCUT2D eigenvalue weighted by Crippen LogP contribution is -2.32. The van der Waals surface area contributed by atoms with Gasteiger partial charge in [-0.25, -0.2) is 9.59 Å². The zero-order valence-corrected chi connectivity index (χ0v) is 22.9. The van der Waals surface area contributed by atoms with Crippen LogP contribution in [-0.4, -0.2) is 57.5 Å². The predicted molar refractivity (Wildman–Crippen MR) is 154 cm³/mol. The molecule has 0 saturated heterocycles. The van der Waals surface area contributed by atoms with Crippen LogP contribution in [0.3, 0.4) is 0 Å². The molecule has 0 bridgehead atoms. The molecule has 0 spiro atoms. The number of hydrogen-bond acceptors (Lipinski definition) is 6. The Kier molecular flexibility index (Phi) is 10.4. The Morgan fingerprint density at radius 1 is 0.974 bits per heavy atom. The van der Waals surface area contributed by atoms with Crippen LogP contribution in [-0.2, 0) is 14.4 Å². The maximum absolute atomic E-state index is 13.6. The Balaban J connectivity index is 0.000000531. The number of ketones is 1. The molecule has 8 heteroatoms. The lowest BCUT2D eigenvalue weighted by Gasteiger charge is -2.29. The highest BCUT2D eigenvalue weighted by Crippen LogP contribution is 2.34. The zero-order chi connectivity index (χ0) is 27.6. The molecule has 1 fully saturated rings. The summed E-state index contributed by atoms with van der Waals surface area (Å²) >= 11 is 1.84. The maximum Gasteiger partial charge on any atom is 0.414 e. The van der Waals surface area contributed by atoms with E-state index in [1.165, 1.54) is 46.9 Å². The van der Waals surface area contributed by atoms with Gasteiger partial charge in [0.05, 0.1) is 11.6 Å². The number of carbonyl (C=O) groups is 3. The Morgan fingerprint density at radius 3 is 2.38 bits per heavy atom. The average Bonchev–Trinajstić information content (AvgIpc) is 3.28. The van der Waals surface area contributed by atoms with Gasteiger partial charge in [-0.05, 0) is 72.3 Å². The standard InChI is InChI=1S/C29H34N2OS.C2H2O4/c32-28(23-8-3-1-2-4-9-23)26(27-12-5-6-17-30-27)15-20-31-18-13-22(14-19-31)25-11-7-10-24-16-21-33-29(24)25;3-1(4)2(5)6/h5-7,10-13,16-17,21,23,26H,1-4,8-9,14-15,18-20H2;(H,3,4)(H,5,6). The van der Waals surface area contributed by atoms with Crippen molar-refractivity contribution in [3.8, 4) is 0 Å². The van der Waals surface area contributed by atoms with Gasteiger partial charge < -0.3 is 10.2 Å². The number of thiophene rings is 1. The number of aliphatic carboxylic acids is 2. The summed E-state index contributed by atoms with van der Waals surface area (Å²) in [6, 6.07) is 14.9. The number of fused-ring (bicyclic) bond motifs is 1. The minimum Gasteiger partial charge on any atom is -0.473 e. The molecule has 0 amide bonds. The average molecular weight is 549 g/mol. The van der Waals surface area contributed by atoms with Gasteiger partial charge in [0, 0.05) is 29.9 Å². The number of aromatic nitrogens is 1. The van der Waals surface area contributed by atoms with Gasteiger partial charge in [-0.1, -0.05) is 56.0 Å². The van der Waals surface area contributed by atoms with Crippen LogP contribution in [0.4, 0.5) is 0 Å². The van der Waals surface area contributed by atoms with E-state index in [0.29, 0.717) is 5.78 Å². The predicted octanol–water partition coefficient (Wildman–Crippen LogP) is 6.25. The molecular formula is C31H36N2O5S. The van der Waals surface area contributed by atoms with Crippen LogP contribution in [0.1, 0.15) is 68.5 Å². The third-order valence-corrected chi connectivity index (χ3v) is 8.64. The second-order valence-corrected chi connectivity index (χ2v) is 11.1. The third-order valence-electron chi connectivity index (χ3n) is 7.68. The van der Waals surface area contributed by atoms with Crippen molar-refractivity contribution in [1.29, 1.82) is 0 Å². The number of rotatable bonds is 7. The van der Waals surface area contributed by atoms with Crippen molar-refractivity contribution in [3.05, 3.63) is 71.4 Å². The van der Waals surface area contributed by atoms with Crippen LogP contribution in [0.5, 0.6) is 0 Å². The molecule has 1 atom stereocenters. The summed E-state index contributed by atoms with van der Waals surface area (Å²) in [5.74, 6) is -3.06. The summed E-state index contributed by atoms with van der Waals surface area (Å²) < 4.78 is 1.40. The molecule has 2 aromatic heterocycles. The van der Waals surface area contributed by atoms with Crippen molar-refractivity contribution in [2.45, 2.75) is 57.3 Å². The minimum atomic E-state index is -1.82. The Labute approximate surface area is 233 Å². The fourth-order valence-electron chi connectivity index (χ4n) is 5.58. The van der Waals surface area contributed by atoms with Crippen molar-refractivity contribution in [3.63, 3.8) is 0 Å². The molecule has 206 valence electrons. The molecule has 3 aromatic rings. The number of carboxylic acid groups (broad SMARTS) is 2. The summed E-state index contributed by atoms with van der Waals surface area (Å²) in [7, 11) is 0. The Hall–Kier alpha value is -3.36. The smallest absolute Gasteiger partial charge is 0.414 e. The number of nitrogens with zero attached hydrogens (tertiary/aromatic N) is 2. The topological polar surface area (TPSA) is 108 Å². The number of Topliss-reactive ketones (excluding diaryl/α,β-unsaturated/α-hetero) is 1. The van der Waals surface area contributed by atoms with E-state index in [-0.39, 0.29) is 11.8 Å². The molecule has 1 aromatic carbocycles. The van der Waals surface area contributed by atoms with Crippen LogP contribution in [0, 0.1) is 5.92 Å². The van der Waals surface area contributed by atoms with E-state index in [4.69, 9.17) is 19.8 Å². The maximum atomic E-state index is 13.6. The molecule has 5 rings (SSSR count). The van der Waals surface area contributed by atoms with Crippen molar-refractivity contribution >= 4 is 44.7 Å². The number of carbonyl (C=O) groups excluding carboxylic acids is 1. The Morgan fingerprint density at radius 2 is 1.74 bits per heavy atom. The Bertz CT molecular complexity index is 1280. The molecule has 1 saturated carbocycles. The number of pyridine rings is 1. The van der Waals surface area contributed by atoms with Gasteiger partial charge in [0.25, 0.3) is 0 Å². The number of benzene rings is 1. The van der Waals surface area contributed by atoms with E-state index in [0.717, 1.165) is 51.0 Å². The molecular weight excluding hydrogens is 512 g/mol. The quantitative estimate of drug-likeness (QED) is 0.265. The monoisotopic (exact) mass is 548 g/mol. The van der Waals surface area contributed by atoms with Crippen LogP contribution >= 0.6 is 11.3 Å². The van der Waals surface area contributed by atoms with Crippen LogP contribution in [0.2, 0.25) is 0 Å². The normalized spacial score (nSPS) is 17.4. The van der Waals surface area contributed by atoms with Crippen LogP contribution < -0.4 is 0 Å². The molecule has 2 aliphatic rings. The molecule has 2 N–H and O–H groups in total. The fraction of sp³-hybridized carbons (Fsp3) is 0.419. The van der Waals surface area contributed by atoms with Crippen LogP contribution in [0.25, 0.3) is 15.7 Å². The van der Waals surface area contributed by atoms with Crippen molar-refractivity contribution < 1.29 is 24.6 Å². The van der Waals surface area contributed by atoms with E-state index in [1.807, 2.05) is 29.7 Å². The lowest BCUT2D eigenvalue weighted by molar-refractivity contribution is -0.159. The van der Waals surface area contributed by atoms with E-state index < -0.39 is 11.9 Å². The molecule has 1 aliphatic carbocycles. The zero-order valence-electron chi connectivity index (χ0n) is 22.1. The van der Waals surface area contributed by atoms with Gasteiger partial charge in [-0.3, -0.25) is 14.7 Å².